The molecule has 118 valence electrons. The molecule has 2 aromatic rings. The summed E-state index contributed by atoms with van der Waals surface area (Å²) in [6.07, 6.45) is 3.62. The first-order valence-electron chi connectivity index (χ1n) is 6.93. The molecule has 0 unspecified atom stereocenters. The quantitative estimate of drug-likeness (QED) is 0.741. The van der Waals surface area contributed by atoms with E-state index in [-0.39, 0.29) is 37.0 Å². The van der Waals surface area contributed by atoms with E-state index in [9.17, 15) is 9.59 Å². The summed E-state index contributed by atoms with van der Waals surface area (Å²) < 4.78 is 11.8. The molecule has 0 aliphatic carbocycles. The summed E-state index contributed by atoms with van der Waals surface area (Å²) >= 11 is 0. The summed E-state index contributed by atoms with van der Waals surface area (Å²) in [5.74, 6) is 0.398. The van der Waals surface area contributed by atoms with Crippen LogP contribution in [0.15, 0.2) is 45.9 Å². The molecule has 0 saturated carbocycles. The fourth-order valence-corrected chi connectivity index (χ4v) is 1.84. The topological polar surface area (TPSA) is 93.7 Å². The molecule has 2 aromatic heterocycles. The van der Waals surface area contributed by atoms with Gasteiger partial charge in [0.2, 0.25) is 0 Å². The highest BCUT2D eigenvalue weighted by Crippen LogP contribution is 2.03. The highest BCUT2D eigenvalue weighted by molar-refractivity contribution is 5.77. The lowest BCUT2D eigenvalue weighted by Gasteiger charge is -2.09. The van der Waals surface area contributed by atoms with Gasteiger partial charge < -0.3 is 24.1 Å². The molecule has 7 nitrogen and oxygen atoms in total. The largest absolute Gasteiger partial charge is 0.478 e. The summed E-state index contributed by atoms with van der Waals surface area (Å²) in [6.45, 7) is 0.425. The molecule has 2 rings (SSSR count). The Bertz CT molecular complexity index is 648. The molecule has 0 aliphatic rings. The second kappa shape index (κ2) is 8.04. The van der Waals surface area contributed by atoms with Gasteiger partial charge in [-0.2, -0.15) is 0 Å². The van der Waals surface area contributed by atoms with Gasteiger partial charge in [0.05, 0.1) is 12.8 Å². The molecule has 0 bridgehead atoms. The van der Waals surface area contributed by atoms with Crippen molar-refractivity contribution >= 4 is 5.91 Å². The van der Waals surface area contributed by atoms with Crippen LogP contribution in [0.5, 0.6) is 5.75 Å². The molecule has 0 spiro atoms. The molecule has 7 heteroatoms. The number of amides is 1. The van der Waals surface area contributed by atoms with Crippen molar-refractivity contribution in [2.45, 2.75) is 19.5 Å². The Hall–Kier alpha value is -2.54. The van der Waals surface area contributed by atoms with Crippen LogP contribution in [0.3, 0.4) is 0 Å². The van der Waals surface area contributed by atoms with E-state index in [1.165, 1.54) is 16.9 Å². The number of hydrogen-bond donors (Lipinski definition) is 2. The molecule has 0 aromatic carbocycles. The van der Waals surface area contributed by atoms with E-state index in [4.69, 9.17) is 14.3 Å². The van der Waals surface area contributed by atoms with Crippen molar-refractivity contribution in [3.63, 3.8) is 0 Å². The molecule has 2 N–H and O–H groups in total. The minimum absolute atomic E-state index is 0.00666. The Morgan fingerprint density at radius 1 is 1.36 bits per heavy atom. The number of aliphatic hydroxyl groups is 1. The fraction of sp³-hybridized carbons (Fsp3) is 0.333. The second-order valence-corrected chi connectivity index (χ2v) is 4.59. The van der Waals surface area contributed by atoms with E-state index >= 15 is 0 Å². The standard InChI is InChI=1S/C15H18N2O5/c18-8-3-7-17-6-1-5-13(15(17)20)22-11-14(19)16-10-12-4-2-9-21-12/h1-2,4-6,9,18H,3,7-8,10-11H2,(H,16,19). The van der Waals surface area contributed by atoms with Crippen molar-refractivity contribution < 1.29 is 19.1 Å². The Morgan fingerprint density at radius 3 is 2.95 bits per heavy atom. The van der Waals surface area contributed by atoms with Crippen LogP contribution in [-0.2, 0) is 17.9 Å². The molecule has 0 atom stereocenters. The molecular formula is C15H18N2O5. The number of pyridine rings is 1. The van der Waals surface area contributed by atoms with Gasteiger partial charge in [-0.05, 0) is 30.7 Å². The van der Waals surface area contributed by atoms with Crippen LogP contribution in [0.2, 0.25) is 0 Å². The van der Waals surface area contributed by atoms with E-state index in [1.807, 2.05) is 0 Å². The Morgan fingerprint density at radius 2 is 2.23 bits per heavy atom. The third kappa shape index (κ3) is 4.49. The van der Waals surface area contributed by atoms with Gasteiger partial charge in [0.1, 0.15) is 5.76 Å². The maximum Gasteiger partial charge on any atom is 0.292 e. The molecule has 0 aliphatic heterocycles. The zero-order chi connectivity index (χ0) is 15.8. The van der Waals surface area contributed by atoms with Gasteiger partial charge in [0, 0.05) is 19.3 Å². The van der Waals surface area contributed by atoms with Crippen LogP contribution >= 0.6 is 0 Å². The smallest absolute Gasteiger partial charge is 0.292 e. The SMILES string of the molecule is O=C(COc1cccn(CCCO)c1=O)NCc1ccco1. The highest BCUT2D eigenvalue weighted by atomic mass is 16.5. The van der Waals surface area contributed by atoms with Crippen LogP contribution in [-0.4, -0.2) is 28.8 Å². The third-order valence-corrected chi connectivity index (χ3v) is 2.94. The Labute approximate surface area is 127 Å². The first-order valence-corrected chi connectivity index (χ1v) is 6.93. The maximum atomic E-state index is 12.0. The number of nitrogens with zero attached hydrogens (tertiary/aromatic N) is 1. The lowest BCUT2D eigenvalue weighted by atomic mass is 10.4. The van der Waals surface area contributed by atoms with Gasteiger partial charge in [-0.1, -0.05) is 0 Å². The summed E-state index contributed by atoms with van der Waals surface area (Å²) in [4.78, 5) is 23.7. The number of carbonyl (C=O) groups is 1. The predicted octanol–water partition coefficient (Wildman–Crippen LogP) is 0.519. The number of furan rings is 1. The van der Waals surface area contributed by atoms with E-state index in [0.717, 1.165) is 0 Å². The highest BCUT2D eigenvalue weighted by Gasteiger charge is 2.08. The van der Waals surface area contributed by atoms with Gasteiger partial charge in [-0.3, -0.25) is 9.59 Å². The number of ether oxygens (including phenoxy) is 1. The van der Waals surface area contributed by atoms with Crippen molar-refractivity contribution in [3.05, 3.63) is 52.8 Å². The van der Waals surface area contributed by atoms with Crippen LogP contribution in [0.25, 0.3) is 0 Å². The first kappa shape index (κ1) is 15.8. The van der Waals surface area contributed by atoms with Crippen LogP contribution in [0.1, 0.15) is 12.2 Å². The lowest BCUT2D eigenvalue weighted by Crippen LogP contribution is -2.30. The van der Waals surface area contributed by atoms with E-state index in [1.54, 1.807) is 24.4 Å². The molecular weight excluding hydrogens is 288 g/mol. The molecule has 22 heavy (non-hydrogen) atoms. The average molecular weight is 306 g/mol. The Kier molecular flexibility index (Phi) is 5.79. The van der Waals surface area contributed by atoms with Crippen molar-refractivity contribution in [3.8, 4) is 5.75 Å². The minimum Gasteiger partial charge on any atom is -0.478 e. The van der Waals surface area contributed by atoms with Crippen molar-refractivity contribution in [1.82, 2.24) is 9.88 Å². The minimum atomic E-state index is -0.346. The van der Waals surface area contributed by atoms with E-state index in [0.29, 0.717) is 18.7 Å². The number of hydrogen-bond acceptors (Lipinski definition) is 5. The van der Waals surface area contributed by atoms with Gasteiger partial charge in [-0.25, -0.2) is 0 Å². The zero-order valence-electron chi connectivity index (χ0n) is 12.0. The first-order chi connectivity index (χ1) is 10.7. The summed E-state index contributed by atoms with van der Waals surface area (Å²) in [5, 5.41) is 11.4. The molecule has 2 heterocycles. The number of carbonyl (C=O) groups excluding carboxylic acids is 1. The third-order valence-electron chi connectivity index (χ3n) is 2.94. The number of aliphatic hydroxyl groups excluding tert-OH is 1. The molecule has 0 radical (unpaired) electrons. The fourth-order valence-electron chi connectivity index (χ4n) is 1.84. The van der Waals surface area contributed by atoms with Crippen LogP contribution in [0.4, 0.5) is 0 Å². The number of aryl methyl sites for hydroxylation is 1. The second-order valence-electron chi connectivity index (χ2n) is 4.59. The van der Waals surface area contributed by atoms with Crippen molar-refractivity contribution in [2.75, 3.05) is 13.2 Å². The Balaban J connectivity index is 1.85. The monoisotopic (exact) mass is 306 g/mol. The summed E-state index contributed by atoms with van der Waals surface area (Å²) in [6, 6.07) is 6.65. The van der Waals surface area contributed by atoms with Crippen molar-refractivity contribution in [2.24, 2.45) is 0 Å². The lowest BCUT2D eigenvalue weighted by molar-refractivity contribution is -0.123. The van der Waals surface area contributed by atoms with Crippen LogP contribution < -0.4 is 15.6 Å². The van der Waals surface area contributed by atoms with E-state index in [2.05, 4.69) is 5.32 Å². The number of rotatable bonds is 8. The molecule has 1 amide bonds. The normalized spacial score (nSPS) is 10.4. The van der Waals surface area contributed by atoms with Gasteiger partial charge in [-0.15, -0.1) is 0 Å². The number of aromatic nitrogens is 1. The van der Waals surface area contributed by atoms with E-state index < -0.39 is 0 Å². The summed E-state index contributed by atoms with van der Waals surface area (Å²) in [7, 11) is 0. The molecule has 0 fully saturated rings. The maximum absolute atomic E-state index is 12.0. The average Bonchev–Trinajstić information content (AvgIpc) is 3.04. The summed E-state index contributed by atoms with van der Waals surface area (Å²) in [5.41, 5.74) is -0.324. The van der Waals surface area contributed by atoms with Gasteiger partial charge in [0.25, 0.3) is 11.5 Å². The zero-order valence-corrected chi connectivity index (χ0v) is 12.0. The number of nitrogens with one attached hydrogen (secondary N) is 1. The molecule has 0 saturated heterocycles. The predicted molar refractivity (Wildman–Crippen MR) is 78.5 cm³/mol. The van der Waals surface area contributed by atoms with Crippen LogP contribution in [0, 0.1) is 0 Å². The van der Waals surface area contributed by atoms with Gasteiger partial charge >= 0.3 is 0 Å². The van der Waals surface area contributed by atoms with Gasteiger partial charge in [0.15, 0.2) is 12.4 Å². The van der Waals surface area contributed by atoms with Crippen molar-refractivity contribution in [1.29, 1.82) is 0 Å².